The number of hydrogen-bond acceptors (Lipinski definition) is 1. The molecular weight excluding hydrogens is 238 g/mol. The molecule has 100 valence electrons. The van der Waals surface area contributed by atoms with Crippen LogP contribution in [-0.2, 0) is 11.2 Å². The topological polar surface area (TPSA) is 42.2 Å². The summed E-state index contributed by atoms with van der Waals surface area (Å²) in [5, 5.41) is 8.77. The maximum atomic E-state index is 10.7. The lowest BCUT2D eigenvalue weighted by Crippen LogP contribution is -2.03. The Morgan fingerprint density at radius 1 is 1.11 bits per heavy atom. The minimum atomic E-state index is -0.754. The Labute approximate surface area is 113 Å². The van der Waals surface area contributed by atoms with Gasteiger partial charge in [0.1, 0.15) is 0 Å². The first-order chi connectivity index (χ1) is 8.99. The number of aryl methyl sites for hydroxylation is 4. The average molecular weight is 257 g/mol. The summed E-state index contributed by atoms with van der Waals surface area (Å²) in [6.45, 7) is 6.24. The van der Waals surface area contributed by atoms with Gasteiger partial charge in [-0.25, -0.2) is 0 Å². The fourth-order valence-corrected chi connectivity index (χ4v) is 2.35. The highest BCUT2D eigenvalue weighted by Gasteiger charge is 2.08. The van der Waals surface area contributed by atoms with Crippen molar-refractivity contribution in [3.63, 3.8) is 0 Å². The Kier molecular flexibility index (Phi) is 3.74. The van der Waals surface area contributed by atoms with Crippen molar-refractivity contribution in [1.82, 2.24) is 4.57 Å². The minimum Gasteiger partial charge on any atom is -0.481 e. The van der Waals surface area contributed by atoms with Crippen molar-refractivity contribution in [3.05, 3.63) is 52.8 Å². The van der Waals surface area contributed by atoms with Gasteiger partial charge in [0, 0.05) is 23.5 Å². The molecule has 19 heavy (non-hydrogen) atoms. The highest BCUT2D eigenvalue weighted by molar-refractivity contribution is 5.67. The highest BCUT2D eigenvalue weighted by Crippen LogP contribution is 2.21. The molecular formula is C16H19NO2. The molecule has 1 heterocycles. The third kappa shape index (κ3) is 2.87. The summed E-state index contributed by atoms with van der Waals surface area (Å²) in [4.78, 5) is 10.7. The molecule has 0 atom stereocenters. The van der Waals surface area contributed by atoms with Crippen LogP contribution in [0.15, 0.2) is 30.3 Å². The number of nitrogens with zero attached hydrogens (tertiary/aromatic N) is 1. The Morgan fingerprint density at radius 2 is 1.74 bits per heavy atom. The van der Waals surface area contributed by atoms with E-state index in [9.17, 15) is 4.79 Å². The van der Waals surface area contributed by atoms with Gasteiger partial charge in [0.25, 0.3) is 0 Å². The van der Waals surface area contributed by atoms with E-state index in [-0.39, 0.29) is 6.42 Å². The molecule has 0 aliphatic rings. The second-order valence-electron chi connectivity index (χ2n) is 4.97. The Bertz CT molecular complexity index is 592. The molecule has 1 aromatic carbocycles. The number of aliphatic carboxylic acids is 1. The van der Waals surface area contributed by atoms with Crippen molar-refractivity contribution in [2.75, 3.05) is 0 Å². The van der Waals surface area contributed by atoms with Gasteiger partial charge >= 0.3 is 5.97 Å². The largest absolute Gasteiger partial charge is 0.481 e. The Hall–Kier alpha value is -2.03. The number of hydrogen-bond donors (Lipinski definition) is 1. The van der Waals surface area contributed by atoms with Crippen molar-refractivity contribution in [2.45, 2.75) is 33.6 Å². The van der Waals surface area contributed by atoms with E-state index in [0.29, 0.717) is 6.42 Å². The van der Waals surface area contributed by atoms with Crippen LogP contribution in [0.2, 0.25) is 0 Å². The van der Waals surface area contributed by atoms with Gasteiger partial charge in [0.05, 0.1) is 0 Å². The normalized spacial score (nSPS) is 10.7. The van der Waals surface area contributed by atoms with E-state index in [1.807, 2.05) is 6.07 Å². The third-order valence-electron chi connectivity index (χ3n) is 3.41. The maximum Gasteiger partial charge on any atom is 0.303 e. The fourth-order valence-electron chi connectivity index (χ4n) is 2.35. The summed E-state index contributed by atoms with van der Waals surface area (Å²) in [5.41, 5.74) is 5.78. The SMILES string of the molecule is Cc1ccc(CCC(=O)O)cc1-n1c(C)ccc1C. The molecule has 0 aliphatic heterocycles. The van der Waals surface area contributed by atoms with E-state index in [1.165, 1.54) is 17.0 Å². The summed E-state index contributed by atoms with van der Waals surface area (Å²) in [7, 11) is 0. The second-order valence-corrected chi connectivity index (χ2v) is 4.97. The van der Waals surface area contributed by atoms with Crippen LogP contribution < -0.4 is 0 Å². The van der Waals surface area contributed by atoms with Gasteiger partial charge in [0.2, 0.25) is 0 Å². The van der Waals surface area contributed by atoms with Crippen LogP contribution in [0.3, 0.4) is 0 Å². The van der Waals surface area contributed by atoms with Crippen LogP contribution in [0.5, 0.6) is 0 Å². The molecule has 0 bridgehead atoms. The van der Waals surface area contributed by atoms with Crippen LogP contribution >= 0.6 is 0 Å². The van der Waals surface area contributed by atoms with E-state index in [0.717, 1.165) is 11.3 Å². The summed E-state index contributed by atoms with van der Waals surface area (Å²) in [6, 6.07) is 10.4. The van der Waals surface area contributed by atoms with Gasteiger partial charge in [-0.3, -0.25) is 4.79 Å². The zero-order chi connectivity index (χ0) is 14.0. The van der Waals surface area contributed by atoms with Crippen LogP contribution in [0, 0.1) is 20.8 Å². The zero-order valence-corrected chi connectivity index (χ0v) is 11.6. The molecule has 2 rings (SSSR count). The molecule has 0 radical (unpaired) electrons. The number of aromatic nitrogens is 1. The van der Waals surface area contributed by atoms with Crippen LogP contribution in [0.25, 0.3) is 5.69 Å². The summed E-state index contributed by atoms with van der Waals surface area (Å²) >= 11 is 0. The molecule has 0 amide bonds. The van der Waals surface area contributed by atoms with E-state index >= 15 is 0 Å². The molecule has 0 aliphatic carbocycles. The highest BCUT2D eigenvalue weighted by atomic mass is 16.4. The monoisotopic (exact) mass is 257 g/mol. The second kappa shape index (κ2) is 5.31. The Balaban J connectivity index is 2.40. The van der Waals surface area contributed by atoms with Crippen molar-refractivity contribution in [3.8, 4) is 5.69 Å². The zero-order valence-electron chi connectivity index (χ0n) is 11.6. The number of rotatable bonds is 4. The summed E-state index contributed by atoms with van der Waals surface area (Å²) in [6.07, 6.45) is 0.744. The summed E-state index contributed by atoms with van der Waals surface area (Å²) < 4.78 is 2.21. The lowest BCUT2D eigenvalue weighted by atomic mass is 10.1. The van der Waals surface area contributed by atoms with Crippen LogP contribution in [-0.4, -0.2) is 15.6 Å². The van der Waals surface area contributed by atoms with Crippen molar-refractivity contribution in [1.29, 1.82) is 0 Å². The lowest BCUT2D eigenvalue weighted by Gasteiger charge is -2.14. The minimum absolute atomic E-state index is 0.173. The molecule has 0 saturated carbocycles. The van der Waals surface area contributed by atoms with Crippen LogP contribution in [0.1, 0.15) is 28.9 Å². The third-order valence-corrected chi connectivity index (χ3v) is 3.41. The van der Waals surface area contributed by atoms with Gasteiger partial charge in [-0.2, -0.15) is 0 Å². The summed E-state index contributed by atoms with van der Waals surface area (Å²) in [5.74, 6) is -0.754. The molecule has 3 nitrogen and oxygen atoms in total. The number of carbonyl (C=O) groups is 1. The van der Waals surface area contributed by atoms with E-state index in [2.05, 4.69) is 49.6 Å². The van der Waals surface area contributed by atoms with E-state index < -0.39 is 5.97 Å². The molecule has 0 fully saturated rings. The molecule has 1 aromatic heterocycles. The Morgan fingerprint density at radius 3 is 2.32 bits per heavy atom. The van der Waals surface area contributed by atoms with Gasteiger partial charge in [0.15, 0.2) is 0 Å². The number of carboxylic acid groups (broad SMARTS) is 1. The smallest absolute Gasteiger partial charge is 0.303 e. The predicted octanol–water partition coefficient (Wildman–Crippen LogP) is 3.42. The lowest BCUT2D eigenvalue weighted by molar-refractivity contribution is -0.136. The first-order valence-corrected chi connectivity index (χ1v) is 6.45. The maximum absolute atomic E-state index is 10.7. The van der Waals surface area contributed by atoms with Crippen molar-refractivity contribution < 1.29 is 9.90 Å². The number of carboxylic acids is 1. The standard InChI is InChI=1S/C16H19NO2/c1-11-4-7-14(8-9-16(18)19)10-15(11)17-12(2)5-6-13(17)3/h4-7,10H,8-9H2,1-3H3,(H,18,19). The van der Waals surface area contributed by atoms with Gasteiger partial charge in [-0.15, -0.1) is 0 Å². The van der Waals surface area contributed by atoms with Crippen molar-refractivity contribution in [2.24, 2.45) is 0 Å². The fraction of sp³-hybridized carbons (Fsp3) is 0.312. The van der Waals surface area contributed by atoms with Crippen LogP contribution in [0.4, 0.5) is 0 Å². The van der Waals surface area contributed by atoms with Gasteiger partial charge < -0.3 is 9.67 Å². The molecule has 2 aromatic rings. The molecule has 0 unspecified atom stereocenters. The van der Waals surface area contributed by atoms with E-state index in [1.54, 1.807) is 0 Å². The predicted molar refractivity (Wildman–Crippen MR) is 75.9 cm³/mol. The molecule has 3 heteroatoms. The van der Waals surface area contributed by atoms with Crippen molar-refractivity contribution >= 4 is 5.97 Å². The first-order valence-electron chi connectivity index (χ1n) is 6.45. The molecule has 0 spiro atoms. The van der Waals surface area contributed by atoms with Gasteiger partial charge in [-0.1, -0.05) is 12.1 Å². The molecule has 1 N–H and O–H groups in total. The first kappa shape index (κ1) is 13.4. The quantitative estimate of drug-likeness (QED) is 0.912. The average Bonchev–Trinajstić information content (AvgIpc) is 2.68. The van der Waals surface area contributed by atoms with E-state index in [4.69, 9.17) is 5.11 Å². The molecule has 0 saturated heterocycles. The van der Waals surface area contributed by atoms with Gasteiger partial charge in [-0.05, 0) is 56.5 Å². The number of benzene rings is 1.